The zero-order valence-corrected chi connectivity index (χ0v) is 13.2. The molecule has 2 aromatic carbocycles. The first-order chi connectivity index (χ1) is 11.3. The van der Waals surface area contributed by atoms with Crippen LogP contribution in [0.25, 0.3) is 10.8 Å². The molecule has 3 aromatic rings. The van der Waals surface area contributed by atoms with E-state index in [-0.39, 0.29) is 5.91 Å². The number of amides is 1. The number of benzene rings is 2. The number of pyridine rings is 1. The van der Waals surface area contributed by atoms with E-state index in [1.165, 1.54) is 0 Å². The highest BCUT2D eigenvalue weighted by Crippen LogP contribution is 2.24. The van der Waals surface area contributed by atoms with Crippen molar-refractivity contribution in [2.75, 3.05) is 13.2 Å². The SMILES string of the molecule is O=C(NCCOc1cccc2ccccc12)c1ccc[nH]c1=S. The number of nitrogens with one attached hydrogen (secondary N) is 2. The van der Waals surface area contributed by atoms with Crippen molar-refractivity contribution < 1.29 is 9.53 Å². The third kappa shape index (κ3) is 3.57. The summed E-state index contributed by atoms with van der Waals surface area (Å²) < 4.78 is 6.22. The molecule has 2 N–H and O–H groups in total. The van der Waals surface area contributed by atoms with Crippen molar-refractivity contribution in [3.8, 4) is 5.75 Å². The van der Waals surface area contributed by atoms with Gasteiger partial charge in [0.25, 0.3) is 5.91 Å². The smallest absolute Gasteiger partial charge is 0.254 e. The van der Waals surface area contributed by atoms with E-state index < -0.39 is 0 Å². The molecule has 0 atom stereocenters. The zero-order valence-electron chi connectivity index (χ0n) is 12.4. The van der Waals surface area contributed by atoms with Crippen LogP contribution in [0, 0.1) is 4.64 Å². The Morgan fingerprint density at radius 1 is 1.09 bits per heavy atom. The van der Waals surface area contributed by atoms with E-state index in [9.17, 15) is 4.79 Å². The summed E-state index contributed by atoms with van der Waals surface area (Å²) in [5.41, 5.74) is 0.465. The van der Waals surface area contributed by atoms with Crippen molar-refractivity contribution in [2.45, 2.75) is 0 Å². The predicted octanol–water partition coefficient (Wildman–Crippen LogP) is 3.71. The molecule has 0 saturated carbocycles. The number of carbonyl (C=O) groups excluding carboxylic acids is 1. The maximum atomic E-state index is 12.0. The number of hydrogen-bond donors (Lipinski definition) is 2. The first-order valence-electron chi connectivity index (χ1n) is 7.32. The van der Waals surface area contributed by atoms with Crippen LogP contribution in [0.4, 0.5) is 0 Å². The minimum Gasteiger partial charge on any atom is -0.491 e. The number of hydrogen-bond acceptors (Lipinski definition) is 3. The fraction of sp³-hybridized carbons (Fsp3) is 0.111. The standard InChI is InChI=1S/C18H16N2O2S/c21-17(15-8-4-10-20-18(15)23)19-11-12-22-16-9-3-6-13-5-1-2-7-14(13)16/h1-10H,11-12H2,(H,19,21)(H,20,23). The summed E-state index contributed by atoms with van der Waals surface area (Å²) in [4.78, 5) is 14.9. The van der Waals surface area contributed by atoms with Crippen molar-refractivity contribution in [1.29, 1.82) is 0 Å². The van der Waals surface area contributed by atoms with Crippen molar-refractivity contribution in [3.05, 3.63) is 71.0 Å². The van der Waals surface area contributed by atoms with E-state index in [1.807, 2.05) is 42.5 Å². The summed E-state index contributed by atoms with van der Waals surface area (Å²) in [7, 11) is 0. The lowest BCUT2D eigenvalue weighted by molar-refractivity contribution is 0.0946. The summed E-state index contributed by atoms with van der Waals surface area (Å²) in [6.45, 7) is 0.800. The molecule has 0 aliphatic rings. The van der Waals surface area contributed by atoms with Crippen LogP contribution in [0.2, 0.25) is 0 Å². The molecule has 1 amide bonds. The molecule has 116 valence electrons. The molecule has 0 aliphatic carbocycles. The van der Waals surface area contributed by atoms with Crippen LogP contribution < -0.4 is 10.1 Å². The van der Waals surface area contributed by atoms with Crippen molar-refractivity contribution >= 4 is 28.9 Å². The Balaban J connectivity index is 1.58. The second-order valence-electron chi connectivity index (χ2n) is 4.99. The third-order valence-corrected chi connectivity index (χ3v) is 3.80. The molecule has 0 unspecified atom stereocenters. The molecule has 1 aromatic heterocycles. The Kier molecular flexibility index (Phi) is 4.68. The first-order valence-corrected chi connectivity index (χ1v) is 7.73. The summed E-state index contributed by atoms with van der Waals surface area (Å²) >= 11 is 5.09. The fourth-order valence-electron chi connectivity index (χ4n) is 2.34. The molecule has 0 spiro atoms. The highest BCUT2D eigenvalue weighted by atomic mass is 32.1. The van der Waals surface area contributed by atoms with Gasteiger partial charge < -0.3 is 15.0 Å². The topological polar surface area (TPSA) is 54.1 Å². The van der Waals surface area contributed by atoms with Gasteiger partial charge in [-0.25, -0.2) is 0 Å². The maximum Gasteiger partial charge on any atom is 0.254 e. The summed E-state index contributed by atoms with van der Waals surface area (Å²) in [5.74, 6) is 0.614. The quantitative estimate of drug-likeness (QED) is 0.556. The highest BCUT2D eigenvalue weighted by Gasteiger charge is 2.07. The van der Waals surface area contributed by atoms with Gasteiger partial charge in [0.15, 0.2) is 0 Å². The van der Waals surface area contributed by atoms with E-state index in [0.29, 0.717) is 23.4 Å². The van der Waals surface area contributed by atoms with Gasteiger partial charge in [-0.2, -0.15) is 0 Å². The van der Waals surface area contributed by atoms with Gasteiger partial charge in [0.1, 0.15) is 17.0 Å². The molecule has 0 radical (unpaired) electrons. The zero-order chi connectivity index (χ0) is 16.1. The molecule has 3 rings (SSSR count). The number of aromatic nitrogens is 1. The second-order valence-corrected chi connectivity index (χ2v) is 5.40. The molecule has 23 heavy (non-hydrogen) atoms. The van der Waals surface area contributed by atoms with Crippen LogP contribution in [0.5, 0.6) is 5.75 Å². The van der Waals surface area contributed by atoms with E-state index >= 15 is 0 Å². The lowest BCUT2D eigenvalue weighted by Gasteiger charge is -2.10. The Morgan fingerprint density at radius 3 is 2.78 bits per heavy atom. The largest absolute Gasteiger partial charge is 0.491 e. The van der Waals surface area contributed by atoms with Gasteiger partial charge in [0.2, 0.25) is 0 Å². The fourth-order valence-corrected chi connectivity index (χ4v) is 2.57. The monoisotopic (exact) mass is 324 g/mol. The summed E-state index contributed by atoms with van der Waals surface area (Å²) in [5, 5.41) is 5.00. The van der Waals surface area contributed by atoms with Crippen LogP contribution in [-0.4, -0.2) is 24.0 Å². The van der Waals surface area contributed by atoms with E-state index in [2.05, 4.69) is 10.3 Å². The molecule has 0 saturated heterocycles. The summed E-state index contributed by atoms with van der Waals surface area (Å²) in [6, 6.07) is 17.4. The molecule has 4 nitrogen and oxygen atoms in total. The number of H-pyrrole nitrogens is 1. The number of rotatable bonds is 5. The minimum absolute atomic E-state index is 0.201. The molecule has 1 heterocycles. The highest BCUT2D eigenvalue weighted by molar-refractivity contribution is 7.71. The van der Waals surface area contributed by atoms with Crippen molar-refractivity contribution in [2.24, 2.45) is 0 Å². The Morgan fingerprint density at radius 2 is 1.91 bits per heavy atom. The molecular weight excluding hydrogens is 308 g/mol. The number of carbonyl (C=O) groups is 1. The molecule has 0 aliphatic heterocycles. The van der Waals surface area contributed by atoms with Gasteiger partial charge in [-0.3, -0.25) is 4.79 Å². The van der Waals surface area contributed by atoms with Crippen LogP contribution >= 0.6 is 12.2 Å². The second kappa shape index (κ2) is 7.07. The van der Waals surface area contributed by atoms with Gasteiger partial charge in [-0.1, -0.05) is 48.6 Å². The third-order valence-electron chi connectivity index (χ3n) is 3.46. The van der Waals surface area contributed by atoms with Crippen LogP contribution in [-0.2, 0) is 0 Å². The molecule has 0 bridgehead atoms. The number of fused-ring (bicyclic) bond motifs is 1. The normalized spacial score (nSPS) is 10.4. The van der Waals surface area contributed by atoms with Crippen molar-refractivity contribution in [3.63, 3.8) is 0 Å². The van der Waals surface area contributed by atoms with Crippen LogP contribution in [0.1, 0.15) is 10.4 Å². The number of ether oxygens (including phenoxy) is 1. The van der Waals surface area contributed by atoms with Gasteiger partial charge in [-0.15, -0.1) is 0 Å². The molecule has 0 fully saturated rings. The van der Waals surface area contributed by atoms with Gasteiger partial charge in [0.05, 0.1) is 12.1 Å². The van der Waals surface area contributed by atoms with Gasteiger partial charge >= 0.3 is 0 Å². The first kappa shape index (κ1) is 15.2. The van der Waals surface area contributed by atoms with Gasteiger partial charge in [0, 0.05) is 11.6 Å². The molecular formula is C18H16N2O2S. The Hall–Kier alpha value is -2.66. The van der Waals surface area contributed by atoms with E-state index in [0.717, 1.165) is 16.5 Å². The Bertz CT molecular complexity index is 884. The predicted molar refractivity (Wildman–Crippen MR) is 93.4 cm³/mol. The Labute approximate surface area is 139 Å². The lowest BCUT2D eigenvalue weighted by Crippen LogP contribution is -2.28. The minimum atomic E-state index is -0.201. The number of aromatic amines is 1. The average Bonchev–Trinajstić information content (AvgIpc) is 2.59. The van der Waals surface area contributed by atoms with Crippen LogP contribution in [0.3, 0.4) is 0 Å². The summed E-state index contributed by atoms with van der Waals surface area (Å²) in [6.07, 6.45) is 1.70. The maximum absolute atomic E-state index is 12.0. The van der Waals surface area contributed by atoms with E-state index in [1.54, 1.807) is 18.3 Å². The van der Waals surface area contributed by atoms with Gasteiger partial charge in [-0.05, 0) is 23.6 Å². The molecule has 5 heteroatoms. The van der Waals surface area contributed by atoms with Crippen LogP contribution in [0.15, 0.2) is 60.8 Å². The van der Waals surface area contributed by atoms with E-state index in [4.69, 9.17) is 17.0 Å². The average molecular weight is 324 g/mol. The lowest BCUT2D eigenvalue weighted by atomic mass is 10.1. The van der Waals surface area contributed by atoms with Crippen molar-refractivity contribution in [1.82, 2.24) is 10.3 Å².